The largest absolute Gasteiger partial charge is 0.493 e. The molecule has 6 rings (SSSR count). The van der Waals surface area contributed by atoms with Gasteiger partial charge in [0.2, 0.25) is 15.9 Å². The van der Waals surface area contributed by atoms with Crippen molar-refractivity contribution < 1.29 is 22.7 Å². The van der Waals surface area contributed by atoms with E-state index in [4.69, 9.17) is 26.8 Å². The van der Waals surface area contributed by atoms with Crippen molar-refractivity contribution in [2.45, 2.75) is 106 Å². The van der Waals surface area contributed by atoms with Crippen LogP contribution in [0.4, 0.5) is 0 Å². The van der Waals surface area contributed by atoms with Gasteiger partial charge in [-0.3, -0.25) is 4.79 Å². The number of hydrogen-bond acceptors (Lipinski definition) is 6. The van der Waals surface area contributed by atoms with Crippen molar-refractivity contribution in [1.29, 1.82) is 0 Å². The first-order valence-corrected chi connectivity index (χ1v) is 17.3. The average Bonchev–Trinajstić information content (AvgIpc) is 3.27. The number of rotatable bonds is 8. The van der Waals surface area contributed by atoms with Gasteiger partial charge in [-0.05, 0) is 99.4 Å². The lowest BCUT2D eigenvalue weighted by Gasteiger charge is -2.44. The van der Waals surface area contributed by atoms with E-state index in [9.17, 15) is 13.2 Å². The Bertz CT molecular complexity index is 1320. The topological polar surface area (TPSA) is 102 Å². The zero-order valence-electron chi connectivity index (χ0n) is 24.1. The van der Waals surface area contributed by atoms with Crippen LogP contribution in [0.5, 0.6) is 11.5 Å². The molecule has 2 aromatic rings. The van der Waals surface area contributed by atoms with E-state index in [-0.39, 0.29) is 48.0 Å². The molecule has 0 radical (unpaired) electrons. The van der Waals surface area contributed by atoms with Gasteiger partial charge in [0.1, 0.15) is 23.6 Å². The third kappa shape index (κ3) is 6.44. The quantitative estimate of drug-likeness (QED) is 0.428. The van der Waals surface area contributed by atoms with Crippen molar-refractivity contribution in [3.8, 4) is 11.5 Å². The smallest absolute Gasteiger partial charge is 0.243 e. The van der Waals surface area contributed by atoms with Gasteiger partial charge in [0.15, 0.2) is 0 Å². The Hall–Kier alpha value is -2.33. The van der Waals surface area contributed by atoms with E-state index >= 15 is 0 Å². The number of amides is 1. The van der Waals surface area contributed by atoms with Crippen LogP contribution in [0.3, 0.4) is 0 Å². The molecule has 4 aliphatic rings. The van der Waals surface area contributed by atoms with Crippen LogP contribution in [0.25, 0.3) is 0 Å². The molecule has 8 nitrogen and oxygen atoms in total. The number of carbonyl (C=O) groups is 1. The van der Waals surface area contributed by atoms with Gasteiger partial charge in [0, 0.05) is 36.1 Å². The Labute approximate surface area is 254 Å². The van der Waals surface area contributed by atoms with Gasteiger partial charge in [0.05, 0.1) is 11.5 Å². The lowest BCUT2D eigenvalue weighted by atomic mass is 9.90. The van der Waals surface area contributed by atoms with E-state index in [1.807, 2.05) is 4.90 Å². The maximum absolute atomic E-state index is 14.2. The zero-order valence-corrected chi connectivity index (χ0v) is 25.6. The van der Waals surface area contributed by atoms with E-state index in [0.717, 1.165) is 25.7 Å². The Morgan fingerprint density at radius 1 is 0.857 bits per heavy atom. The lowest BCUT2D eigenvalue weighted by Crippen LogP contribution is -2.60. The van der Waals surface area contributed by atoms with Crippen LogP contribution >= 0.6 is 11.6 Å². The lowest BCUT2D eigenvalue weighted by molar-refractivity contribution is -0.142. The number of hydrogen-bond donors (Lipinski definition) is 1. The Morgan fingerprint density at radius 2 is 1.50 bits per heavy atom. The van der Waals surface area contributed by atoms with Crippen LogP contribution in [0.15, 0.2) is 53.4 Å². The number of carbonyl (C=O) groups excluding carboxylic acids is 1. The molecule has 4 atom stereocenters. The molecule has 228 valence electrons. The predicted octanol–water partition coefficient (Wildman–Crippen LogP) is 5.38. The minimum Gasteiger partial charge on any atom is -0.493 e. The molecule has 0 aromatic heterocycles. The van der Waals surface area contributed by atoms with Crippen molar-refractivity contribution in [3.63, 3.8) is 0 Å². The highest BCUT2D eigenvalue weighted by atomic mass is 35.5. The van der Waals surface area contributed by atoms with E-state index in [2.05, 4.69) is 0 Å². The highest BCUT2D eigenvalue weighted by Crippen LogP contribution is 2.38. The number of nitrogens with two attached hydrogens (primary N) is 1. The van der Waals surface area contributed by atoms with Crippen LogP contribution in [0.1, 0.15) is 70.6 Å². The summed E-state index contributed by atoms with van der Waals surface area (Å²) >= 11 is 6.04. The van der Waals surface area contributed by atoms with E-state index < -0.39 is 16.1 Å². The Kier molecular flexibility index (Phi) is 9.01. The first-order chi connectivity index (χ1) is 20.3. The summed E-state index contributed by atoms with van der Waals surface area (Å²) in [5, 5.41) is 0.612. The molecule has 1 saturated carbocycles. The molecule has 0 spiro atoms. The third-order valence-corrected chi connectivity index (χ3v) is 11.7. The molecule has 2 aromatic carbocycles. The Balaban J connectivity index is 1.21. The molecule has 2 unspecified atom stereocenters. The maximum atomic E-state index is 14.2. The van der Waals surface area contributed by atoms with Crippen LogP contribution in [0, 0.1) is 5.92 Å². The summed E-state index contributed by atoms with van der Waals surface area (Å²) in [5.41, 5.74) is 6.28. The minimum atomic E-state index is -3.94. The fourth-order valence-corrected chi connectivity index (χ4v) is 9.13. The van der Waals surface area contributed by atoms with E-state index in [1.54, 1.807) is 48.5 Å². The monoisotopic (exact) mass is 615 g/mol. The second-order valence-electron chi connectivity index (χ2n) is 12.5. The molecule has 3 saturated heterocycles. The molecule has 2 bridgehead atoms. The molecule has 3 aliphatic heterocycles. The highest BCUT2D eigenvalue weighted by molar-refractivity contribution is 7.89. The summed E-state index contributed by atoms with van der Waals surface area (Å²) in [5.74, 6) is 1.75. The molecular formula is C32H42ClN3O5S. The van der Waals surface area contributed by atoms with Crippen molar-refractivity contribution in [2.24, 2.45) is 11.7 Å². The summed E-state index contributed by atoms with van der Waals surface area (Å²) in [6, 6.07) is 13.1. The molecular weight excluding hydrogens is 574 g/mol. The molecule has 1 aliphatic carbocycles. The number of nitrogens with zero attached hydrogens (tertiary/aromatic N) is 2. The number of piperidine rings is 2. The average molecular weight is 616 g/mol. The summed E-state index contributed by atoms with van der Waals surface area (Å²) in [4.78, 5) is 16.3. The molecule has 2 N–H and O–H groups in total. The van der Waals surface area contributed by atoms with Crippen molar-refractivity contribution in [2.75, 3.05) is 13.2 Å². The SMILES string of the molecule is NC1CC2CCC(C1)N2C(=O)[C@@H]1C[C@@H](Oc2ccc(Cl)cc2)CCN1S(=O)(=O)c1ccc(OCC2CCCCC2)cc1. The maximum Gasteiger partial charge on any atom is 0.243 e. The number of benzene rings is 2. The molecule has 10 heteroatoms. The number of fused-ring (bicyclic) bond motifs is 2. The number of ether oxygens (including phenoxy) is 2. The highest BCUT2D eigenvalue weighted by Gasteiger charge is 2.49. The Morgan fingerprint density at radius 3 is 2.17 bits per heavy atom. The summed E-state index contributed by atoms with van der Waals surface area (Å²) in [7, 11) is -3.94. The molecule has 3 heterocycles. The van der Waals surface area contributed by atoms with Gasteiger partial charge in [-0.25, -0.2) is 8.42 Å². The van der Waals surface area contributed by atoms with Crippen LogP contribution in [-0.4, -0.2) is 67.0 Å². The first-order valence-electron chi connectivity index (χ1n) is 15.5. The fraction of sp³-hybridized carbons (Fsp3) is 0.594. The van der Waals surface area contributed by atoms with Crippen molar-refractivity contribution in [1.82, 2.24) is 9.21 Å². The van der Waals surface area contributed by atoms with Crippen LogP contribution < -0.4 is 15.2 Å². The first kappa shape index (κ1) is 29.7. The third-order valence-electron chi connectivity index (χ3n) is 9.57. The van der Waals surface area contributed by atoms with Gasteiger partial charge in [-0.2, -0.15) is 4.31 Å². The van der Waals surface area contributed by atoms with Gasteiger partial charge in [-0.15, -0.1) is 0 Å². The van der Waals surface area contributed by atoms with Gasteiger partial charge in [0.25, 0.3) is 0 Å². The van der Waals surface area contributed by atoms with Crippen molar-refractivity contribution >= 4 is 27.5 Å². The second kappa shape index (κ2) is 12.7. The minimum absolute atomic E-state index is 0.0639. The van der Waals surface area contributed by atoms with E-state index in [0.29, 0.717) is 35.5 Å². The second-order valence-corrected chi connectivity index (χ2v) is 14.8. The zero-order chi connectivity index (χ0) is 29.3. The van der Waals surface area contributed by atoms with Gasteiger partial charge in [-0.1, -0.05) is 30.9 Å². The van der Waals surface area contributed by atoms with Crippen LogP contribution in [-0.2, 0) is 14.8 Å². The van der Waals surface area contributed by atoms with Crippen molar-refractivity contribution in [3.05, 3.63) is 53.6 Å². The normalized spacial score (nSPS) is 28.9. The molecule has 4 fully saturated rings. The van der Waals surface area contributed by atoms with Gasteiger partial charge < -0.3 is 20.1 Å². The molecule has 42 heavy (non-hydrogen) atoms. The van der Waals surface area contributed by atoms with Crippen LogP contribution in [0.2, 0.25) is 5.02 Å². The predicted molar refractivity (Wildman–Crippen MR) is 162 cm³/mol. The standard InChI is InChI=1S/C32H42ClN3O5S/c33-23-6-10-28(11-7-23)41-29-16-17-35(31(20-29)32(37)36-25-8-9-26(36)19-24(34)18-25)42(38,39)30-14-12-27(13-15-30)40-21-22-4-2-1-3-5-22/h6-7,10-15,22,24-26,29,31H,1-5,8-9,16-21,34H2/t24?,25?,26?,29-,31-/m0/s1. The summed E-state index contributed by atoms with van der Waals surface area (Å²) < 4.78 is 41.8. The van der Waals surface area contributed by atoms with Gasteiger partial charge >= 0.3 is 0 Å². The summed E-state index contributed by atoms with van der Waals surface area (Å²) in [6.07, 6.45) is 9.97. The number of halogens is 1. The molecule has 1 amide bonds. The number of sulfonamides is 1. The fourth-order valence-electron chi connectivity index (χ4n) is 7.40. The summed E-state index contributed by atoms with van der Waals surface area (Å²) in [6.45, 7) is 0.852. The van der Waals surface area contributed by atoms with E-state index in [1.165, 1.54) is 36.4 Å².